The molecule has 5 nitrogen and oxygen atoms in total. The fourth-order valence-corrected chi connectivity index (χ4v) is 2.25. The van der Waals surface area contributed by atoms with Gasteiger partial charge in [0.25, 0.3) is 5.91 Å². The number of hydrogen-bond acceptors (Lipinski definition) is 4. The van der Waals surface area contributed by atoms with Gasteiger partial charge in [0.05, 0.1) is 6.04 Å². The summed E-state index contributed by atoms with van der Waals surface area (Å²) in [5.74, 6) is 1.44. The van der Waals surface area contributed by atoms with Crippen LogP contribution >= 0.6 is 11.8 Å². The highest BCUT2D eigenvalue weighted by molar-refractivity contribution is 7.97. The summed E-state index contributed by atoms with van der Waals surface area (Å²) in [6, 6.07) is 7.46. The molecule has 1 aromatic heterocycles. The van der Waals surface area contributed by atoms with E-state index in [1.165, 1.54) is 6.33 Å². The van der Waals surface area contributed by atoms with Gasteiger partial charge in [0, 0.05) is 11.3 Å². The van der Waals surface area contributed by atoms with Crippen LogP contribution in [0.1, 0.15) is 34.7 Å². The molecular formula is C13H16N4OS. The number of thioether (sulfide) groups is 1. The number of H-pyrrole nitrogens is 1. The maximum Gasteiger partial charge on any atom is 0.251 e. The molecule has 0 radical (unpaired) electrons. The molecule has 0 saturated carbocycles. The van der Waals surface area contributed by atoms with E-state index in [2.05, 4.69) is 20.5 Å². The standard InChI is InChI=1S/C13H16N4OS/c1-9(12-14-8-15-17-12)16-13(18)11-5-3-4-10(6-11)7-19-2/h3-6,8-9H,7H2,1-2H3,(H,16,18)(H,14,15,17). The summed E-state index contributed by atoms with van der Waals surface area (Å²) in [5.41, 5.74) is 1.81. The largest absolute Gasteiger partial charge is 0.342 e. The van der Waals surface area contributed by atoms with Gasteiger partial charge in [-0.25, -0.2) is 4.98 Å². The Balaban J connectivity index is 2.05. The van der Waals surface area contributed by atoms with Crippen LogP contribution in [0, 0.1) is 0 Å². The van der Waals surface area contributed by atoms with E-state index >= 15 is 0 Å². The minimum Gasteiger partial charge on any atom is -0.342 e. The monoisotopic (exact) mass is 276 g/mol. The van der Waals surface area contributed by atoms with Crippen molar-refractivity contribution in [3.8, 4) is 0 Å². The van der Waals surface area contributed by atoms with Crippen LogP contribution in [0.2, 0.25) is 0 Å². The average Bonchev–Trinajstić information content (AvgIpc) is 2.93. The highest BCUT2D eigenvalue weighted by Gasteiger charge is 2.13. The molecule has 2 rings (SSSR count). The molecule has 0 aliphatic rings. The summed E-state index contributed by atoms with van der Waals surface area (Å²) in [4.78, 5) is 16.2. The van der Waals surface area contributed by atoms with Crippen molar-refractivity contribution in [2.75, 3.05) is 6.26 Å². The third-order valence-electron chi connectivity index (χ3n) is 2.69. The highest BCUT2D eigenvalue weighted by atomic mass is 32.2. The van der Waals surface area contributed by atoms with Crippen molar-refractivity contribution in [2.24, 2.45) is 0 Å². The normalized spacial score (nSPS) is 12.1. The summed E-state index contributed by atoms with van der Waals surface area (Å²) in [7, 11) is 0. The quantitative estimate of drug-likeness (QED) is 0.878. The van der Waals surface area contributed by atoms with Crippen LogP contribution < -0.4 is 5.32 Å². The summed E-state index contributed by atoms with van der Waals surface area (Å²) in [6.07, 6.45) is 3.47. The van der Waals surface area contributed by atoms with Gasteiger partial charge in [-0.1, -0.05) is 12.1 Å². The molecule has 1 aromatic carbocycles. The minimum absolute atomic E-state index is 0.105. The Bertz CT molecular complexity index is 541. The lowest BCUT2D eigenvalue weighted by Crippen LogP contribution is -2.27. The molecule has 0 aliphatic carbocycles. The molecule has 0 saturated heterocycles. The molecule has 2 N–H and O–H groups in total. The number of hydrogen-bond donors (Lipinski definition) is 2. The number of rotatable bonds is 5. The molecule has 1 heterocycles. The Hall–Kier alpha value is -1.82. The Morgan fingerprint density at radius 3 is 3.05 bits per heavy atom. The summed E-state index contributed by atoms with van der Waals surface area (Å²) < 4.78 is 0. The number of benzene rings is 1. The van der Waals surface area contributed by atoms with Crippen LogP contribution in [0.5, 0.6) is 0 Å². The SMILES string of the molecule is CSCc1cccc(C(=O)NC(C)c2ncn[nH]2)c1. The van der Waals surface area contributed by atoms with E-state index in [4.69, 9.17) is 0 Å². The number of nitrogens with one attached hydrogen (secondary N) is 2. The smallest absolute Gasteiger partial charge is 0.251 e. The van der Waals surface area contributed by atoms with Gasteiger partial charge in [0.1, 0.15) is 12.2 Å². The van der Waals surface area contributed by atoms with E-state index in [1.54, 1.807) is 11.8 Å². The van der Waals surface area contributed by atoms with Gasteiger partial charge >= 0.3 is 0 Å². The third-order valence-corrected chi connectivity index (χ3v) is 3.31. The minimum atomic E-state index is -0.195. The molecule has 0 aliphatic heterocycles. The third kappa shape index (κ3) is 3.57. The van der Waals surface area contributed by atoms with Gasteiger partial charge in [-0.15, -0.1) is 0 Å². The van der Waals surface area contributed by atoms with Gasteiger partial charge in [-0.2, -0.15) is 16.9 Å². The van der Waals surface area contributed by atoms with Crippen LogP contribution in [0.3, 0.4) is 0 Å². The zero-order chi connectivity index (χ0) is 13.7. The second-order valence-corrected chi connectivity index (χ2v) is 5.07. The first-order chi connectivity index (χ1) is 9.20. The number of carbonyl (C=O) groups excluding carboxylic acids is 1. The van der Waals surface area contributed by atoms with Gasteiger partial charge in [0.15, 0.2) is 0 Å². The Kier molecular flexibility index (Phi) is 4.57. The molecule has 1 atom stereocenters. The summed E-state index contributed by atoms with van der Waals surface area (Å²) >= 11 is 1.73. The molecule has 19 heavy (non-hydrogen) atoms. The fourth-order valence-electron chi connectivity index (χ4n) is 1.74. The second kappa shape index (κ2) is 6.38. The molecule has 0 spiro atoms. The number of carbonyl (C=O) groups is 1. The van der Waals surface area contributed by atoms with Crippen molar-refractivity contribution in [1.29, 1.82) is 0 Å². The average molecular weight is 276 g/mol. The van der Waals surface area contributed by atoms with Crippen molar-refractivity contribution >= 4 is 17.7 Å². The molecule has 100 valence electrons. The zero-order valence-corrected chi connectivity index (χ0v) is 11.7. The molecule has 1 unspecified atom stereocenters. The Morgan fingerprint density at radius 1 is 1.53 bits per heavy atom. The summed E-state index contributed by atoms with van der Waals surface area (Å²) in [6.45, 7) is 1.87. The molecule has 0 bridgehead atoms. The first-order valence-corrected chi connectivity index (χ1v) is 7.34. The number of aromatic amines is 1. The molecular weight excluding hydrogens is 260 g/mol. The van der Waals surface area contributed by atoms with Crippen LogP contribution in [0.15, 0.2) is 30.6 Å². The lowest BCUT2D eigenvalue weighted by molar-refractivity contribution is 0.0938. The van der Waals surface area contributed by atoms with E-state index < -0.39 is 0 Å². The first-order valence-electron chi connectivity index (χ1n) is 5.94. The van der Waals surface area contributed by atoms with Crippen LogP contribution in [-0.4, -0.2) is 27.3 Å². The topological polar surface area (TPSA) is 70.7 Å². The van der Waals surface area contributed by atoms with E-state index in [-0.39, 0.29) is 11.9 Å². The lowest BCUT2D eigenvalue weighted by atomic mass is 10.1. The van der Waals surface area contributed by atoms with Gasteiger partial charge in [-0.05, 0) is 30.9 Å². The maximum absolute atomic E-state index is 12.1. The van der Waals surface area contributed by atoms with E-state index in [0.717, 1.165) is 11.3 Å². The van der Waals surface area contributed by atoms with E-state index in [0.29, 0.717) is 11.4 Å². The first kappa shape index (κ1) is 13.6. The van der Waals surface area contributed by atoms with Crippen molar-refractivity contribution in [3.05, 3.63) is 47.5 Å². The maximum atomic E-state index is 12.1. The number of aromatic nitrogens is 3. The van der Waals surface area contributed by atoms with Gasteiger partial charge in [0.2, 0.25) is 0 Å². The molecule has 2 aromatic rings. The number of nitrogens with zero attached hydrogens (tertiary/aromatic N) is 2. The van der Waals surface area contributed by atoms with E-state index in [9.17, 15) is 4.79 Å². The summed E-state index contributed by atoms with van der Waals surface area (Å²) in [5, 5.41) is 9.41. The van der Waals surface area contributed by atoms with Gasteiger partial charge < -0.3 is 5.32 Å². The second-order valence-electron chi connectivity index (χ2n) is 4.20. The number of amides is 1. The van der Waals surface area contributed by atoms with Crippen molar-refractivity contribution in [2.45, 2.75) is 18.7 Å². The van der Waals surface area contributed by atoms with Crippen LogP contribution in [0.25, 0.3) is 0 Å². The van der Waals surface area contributed by atoms with Crippen molar-refractivity contribution < 1.29 is 4.79 Å². The zero-order valence-electron chi connectivity index (χ0n) is 10.9. The fraction of sp³-hybridized carbons (Fsp3) is 0.308. The highest BCUT2D eigenvalue weighted by Crippen LogP contribution is 2.12. The van der Waals surface area contributed by atoms with Crippen LogP contribution in [-0.2, 0) is 5.75 Å². The van der Waals surface area contributed by atoms with Gasteiger partial charge in [-0.3, -0.25) is 9.89 Å². The molecule has 6 heteroatoms. The van der Waals surface area contributed by atoms with Crippen molar-refractivity contribution in [1.82, 2.24) is 20.5 Å². The Morgan fingerprint density at radius 2 is 2.37 bits per heavy atom. The predicted octanol–water partition coefficient (Wildman–Crippen LogP) is 2.16. The Labute approximate surface area is 116 Å². The molecule has 1 amide bonds. The molecule has 0 fully saturated rings. The predicted molar refractivity (Wildman–Crippen MR) is 75.9 cm³/mol. The lowest BCUT2D eigenvalue weighted by Gasteiger charge is -2.11. The van der Waals surface area contributed by atoms with Crippen molar-refractivity contribution in [3.63, 3.8) is 0 Å². The van der Waals surface area contributed by atoms with Crippen LogP contribution in [0.4, 0.5) is 0 Å². The van der Waals surface area contributed by atoms with E-state index in [1.807, 2.05) is 37.4 Å².